The summed E-state index contributed by atoms with van der Waals surface area (Å²) >= 11 is 0. The van der Waals surface area contributed by atoms with Crippen LogP contribution in [0.25, 0.3) is 10.8 Å². The van der Waals surface area contributed by atoms with Gasteiger partial charge < -0.3 is 0 Å². The molecule has 0 saturated heterocycles. The van der Waals surface area contributed by atoms with Crippen molar-refractivity contribution < 1.29 is 120 Å². The van der Waals surface area contributed by atoms with Gasteiger partial charge in [0, 0.05) is 23.8 Å². The summed E-state index contributed by atoms with van der Waals surface area (Å²) in [4.78, 5) is 22.6. The van der Waals surface area contributed by atoms with E-state index in [-0.39, 0.29) is 18.0 Å². The molecule has 30 heteroatoms. The Balaban J connectivity index is 0.000000378. The van der Waals surface area contributed by atoms with Crippen molar-refractivity contribution >= 4 is 50.2 Å². The topological polar surface area (TPSA) is 64.1 Å². The molecule has 0 N–H and O–H groups in total. The normalized spacial score (nSPS) is 13.3. The quantitative estimate of drug-likeness (QED) is 0.0380. The Hall–Kier alpha value is -7.82. The lowest BCUT2D eigenvalue weighted by Gasteiger charge is -2.46. The number of fused-ring (bicyclic) bond motifs is 1. The zero-order chi connectivity index (χ0) is 59.4. The van der Waals surface area contributed by atoms with Crippen molar-refractivity contribution in [3.8, 4) is 0 Å². The van der Waals surface area contributed by atoms with E-state index in [1.165, 1.54) is 12.1 Å². The van der Waals surface area contributed by atoms with E-state index in [2.05, 4.69) is 0 Å². The molecular weight excluding hydrogens is 1130 g/mol. The molecule has 0 unspecified atom stereocenters. The van der Waals surface area contributed by atoms with Gasteiger partial charge in [-0.3, -0.25) is 14.9 Å². The number of halogens is 24. The zero-order valence-electron chi connectivity index (χ0n) is 38.3. The standard InChI is InChI=1S/C32H12BF24.C17H13N2O3/c34-25(35,36)13-1-14(26(37,38)39)6-21(5-13)33(22-7-15(27(40,41)42)2-16(8-22)28(43,44)45,23-9-17(29(46,47)48)3-18(10-23)30(49,50)51)24-11-19(31(52,53)54)4-20(12-24)32(55,56)57;20-17(14-4-2-1-3-5-14)12-18-9-8-13-6-7-16(19(21)22)10-15(13)11-18/h1-12H;1-11H,12H2/q-1;+1. The third kappa shape index (κ3) is 13.7. The number of pyridine rings is 1. The fourth-order valence-electron chi connectivity index (χ4n) is 8.39. The summed E-state index contributed by atoms with van der Waals surface area (Å²) in [5.41, 5.74) is -29.5. The molecule has 7 aromatic rings. The molecule has 0 spiro atoms. The molecule has 6 aromatic carbocycles. The van der Waals surface area contributed by atoms with Crippen molar-refractivity contribution in [1.82, 2.24) is 0 Å². The van der Waals surface area contributed by atoms with Crippen LogP contribution in [0, 0.1) is 10.1 Å². The number of ketones is 1. The van der Waals surface area contributed by atoms with Crippen molar-refractivity contribution in [1.29, 1.82) is 0 Å². The number of aromatic nitrogens is 1. The maximum absolute atomic E-state index is 14.2. The molecule has 1 aromatic heterocycles. The highest BCUT2D eigenvalue weighted by Crippen LogP contribution is 2.41. The van der Waals surface area contributed by atoms with Crippen LogP contribution in [0.2, 0.25) is 0 Å². The van der Waals surface area contributed by atoms with Gasteiger partial charge in [0.15, 0.2) is 12.4 Å². The van der Waals surface area contributed by atoms with Crippen LogP contribution in [-0.4, -0.2) is 16.9 Å². The second kappa shape index (κ2) is 20.8. The Labute approximate surface area is 425 Å². The number of Topliss-reactive ketones (excluding diaryl/α,β-unsaturated/α-hetero) is 1. The highest BCUT2D eigenvalue weighted by molar-refractivity contribution is 7.20. The number of carbonyl (C=O) groups is 1. The van der Waals surface area contributed by atoms with Crippen LogP contribution in [-0.2, 0) is 56.0 Å². The van der Waals surface area contributed by atoms with Gasteiger partial charge >= 0.3 is 49.4 Å². The van der Waals surface area contributed by atoms with Gasteiger partial charge in [0.2, 0.25) is 12.3 Å². The average Bonchev–Trinajstić information content (AvgIpc) is 3.37. The van der Waals surface area contributed by atoms with Crippen LogP contribution in [0.3, 0.4) is 0 Å². The van der Waals surface area contributed by atoms with Crippen molar-refractivity contribution in [3.05, 3.63) is 200 Å². The molecule has 79 heavy (non-hydrogen) atoms. The Morgan fingerprint density at radius 2 is 0.684 bits per heavy atom. The SMILES string of the molecule is FC(F)(F)c1cc([B-](c2cc(C(F)(F)F)cc(C(F)(F)F)c2)(c2cc(C(F)(F)F)cc(C(F)(F)F)c2)c2cc(C(F)(F)F)cc(C(F)(F)F)c2)cc(C(F)(F)F)c1.O=C(C[n+]1ccc2ccc([N+](=O)[O-])cc2c1)c1ccccc1. The van der Waals surface area contributed by atoms with E-state index in [1.54, 1.807) is 35.2 Å². The first kappa shape index (κ1) is 60.4. The summed E-state index contributed by atoms with van der Waals surface area (Å²) in [5.74, 6) is -0.00428. The molecule has 0 amide bonds. The van der Waals surface area contributed by atoms with Gasteiger partial charge in [-0.05, 0) is 35.7 Å². The van der Waals surface area contributed by atoms with E-state index in [9.17, 15) is 120 Å². The van der Waals surface area contributed by atoms with Crippen LogP contribution in [0.5, 0.6) is 0 Å². The third-order valence-electron chi connectivity index (χ3n) is 11.9. The lowest BCUT2D eigenvalue weighted by atomic mass is 9.12. The maximum atomic E-state index is 14.2. The molecule has 0 fully saturated rings. The highest BCUT2D eigenvalue weighted by Gasteiger charge is 2.47. The second-order valence-electron chi connectivity index (χ2n) is 17.2. The molecule has 0 saturated carbocycles. The highest BCUT2D eigenvalue weighted by atomic mass is 19.4. The van der Waals surface area contributed by atoms with E-state index in [0.29, 0.717) is 5.56 Å². The molecule has 5 nitrogen and oxygen atoms in total. The fraction of sp³-hybridized carbons (Fsp3) is 0.184. The van der Waals surface area contributed by atoms with Crippen molar-refractivity contribution in [3.63, 3.8) is 0 Å². The number of non-ortho nitro benzene ring substituents is 1. The van der Waals surface area contributed by atoms with Crippen LogP contribution >= 0.6 is 0 Å². The number of nitro groups is 1. The van der Waals surface area contributed by atoms with E-state index in [1.807, 2.05) is 24.3 Å². The first-order chi connectivity index (χ1) is 35.9. The lowest BCUT2D eigenvalue weighted by Crippen LogP contribution is -2.75. The Morgan fingerprint density at radius 3 is 0.949 bits per heavy atom. The van der Waals surface area contributed by atoms with Crippen LogP contribution in [0.15, 0.2) is 140 Å². The first-order valence-electron chi connectivity index (χ1n) is 21.4. The molecule has 7 rings (SSSR count). The molecular formula is C49H25BF24N2O3. The van der Waals surface area contributed by atoms with Crippen molar-refractivity contribution in [2.45, 2.75) is 56.0 Å². The van der Waals surface area contributed by atoms with E-state index in [0.717, 1.165) is 10.8 Å². The molecule has 0 aliphatic carbocycles. The molecule has 0 radical (unpaired) electrons. The number of rotatable bonds is 8. The number of nitro benzene ring substituents is 1. The van der Waals surface area contributed by atoms with Gasteiger partial charge in [-0.25, -0.2) is 0 Å². The van der Waals surface area contributed by atoms with E-state index in [4.69, 9.17) is 0 Å². The lowest BCUT2D eigenvalue weighted by molar-refractivity contribution is -0.681. The molecule has 0 aliphatic heterocycles. The molecule has 0 bridgehead atoms. The number of benzene rings is 6. The van der Waals surface area contributed by atoms with Crippen LogP contribution in [0.1, 0.15) is 54.9 Å². The monoisotopic (exact) mass is 1160 g/mol. The molecule has 420 valence electrons. The Kier molecular flexibility index (Phi) is 15.9. The zero-order valence-corrected chi connectivity index (χ0v) is 38.3. The summed E-state index contributed by atoms with van der Waals surface area (Å²) in [6.07, 6.45) is -51.3. The smallest absolute Gasteiger partial charge is 0.287 e. The summed E-state index contributed by atoms with van der Waals surface area (Å²) in [5, 5.41) is 12.5. The minimum absolute atomic E-state index is 0.00428. The first-order valence-corrected chi connectivity index (χ1v) is 21.4. The van der Waals surface area contributed by atoms with Gasteiger partial charge in [-0.15, -0.1) is 0 Å². The number of hydrogen-bond donors (Lipinski definition) is 0. The summed E-state index contributed by atoms with van der Waals surface area (Å²) in [6, 6.07) is 6.77. The van der Waals surface area contributed by atoms with Crippen molar-refractivity contribution in [2.24, 2.45) is 0 Å². The Morgan fingerprint density at radius 1 is 0.392 bits per heavy atom. The van der Waals surface area contributed by atoms with Gasteiger partial charge in [-0.1, -0.05) is 78.9 Å². The predicted octanol–water partition coefficient (Wildman–Crippen LogP) is 14.1. The Bertz CT molecular complexity index is 2990. The average molecular weight is 1160 g/mol. The summed E-state index contributed by atoms with van der Waals surface area (Å²) in [6.45, 7) is 0.197. The van der Waals surface area contributed by atoms with Gasteiger partial charge in [0.1, 0.15) is 6.15 Å². The van der Waals surface area contributed by atoms with E-state index < -0.39 is 200 Å². The predicted molar refractivity (Wildman–Crippen MR) is 232 cm³/mol. The number of hydrogen-bond acceptors (Lipinski definition) is 3. The maximum Gasteiger partial charge on any atom is 0.416 e. The minimum Gasteiger partial charge on any atom is -0.287 e. The third-order valence-corrected chi connectivity index (χ3v) is 11.9. The minimum atomic E-state index is -6.13. The van der Waals surface area contributed by atoms with Gasteiger partial charge in [0.05, 0.1) is 54.8 Å². The second-order valence-corrected chi connectivity index (χ2v) is 17.2. The summed E-state index contributed by atoms with van der Waals surface area (Å²) < 4.78 is 343. The largest absolute Gasteiger partial charge is 0.416 e. The van der Waals surface area contributed by atoms with Gasteiger partial charge in [-0.2, -0.15) is 132 Å². The fourth-order valence-corrected chi connectivity index (χ4v) is 8.39. The van der Waals surface area contributed by atoms with E-state index >= 15 is 0 Å². The van der Waals surface area contributed by atoms with Gasteiger partial charge in [0.25, 0.3) is 5.69 Å². The molecule has 0 aliphatic rings. The number of carbonyl (C=O) groups excluding carboxylic acids is 1. The van der Waals surface area contributed by atoms with Crippen LogP contribution in [0.4, 0.5) is 111 Å². The molecule has 1 heterocycles. The molecule has 0 atom stereocenters. The number of nitrogens with zero attached hydrogens (tertiary/aromatic N) is 2. The van der Waals surface area contributed by atoms with Crippen LogP contribution < -0.4 is 26.4 Å². The summed E-state index contributed by atoms with van der Waals surface area (Å²) in [7, 11) is 0. The van der Waals surface area contributed by atoms with Crippen molar-refractivity contribution in [2.75, 3.05) is 0 Å². The number of alkyl halides is 24.